The van der Waals surface area contributed by atoms with Crippen LogP contribution in [0.1, 0.15) is 187 Å². The molecule has 2 unspecified atom stereocenters. The topological polar surface area (TPSA) is 581 Å². The lowest BCUT2D eigenvalue weighted by atomic mass is 10.0. The van der Waals surface area contributed by atoms with Crippen LogP contribution in [0, 0.1) is 5.92 Å². The molecule has 14 atom stereocenters. The number of phenols is 2. The van der Waals surface area contributed by atoms with Crippen LogP contribution in [-0.2, 0) is 96.0 Å². The number of fused-ring (bicyclic) bond motifs is 4. The zero-order valence-electron chi connectivity index (χ0n) is 72.4. The summed E-state index contributed by atoms with van der Waals surface area (Å²) in [5.41, 5.74) is 13.3. The first kappa shape index (κ1) is 102. The van der Waals surface area contributed by atoms with Gasteiger partial charge in [-0.2, -0.15) is 0 Å². The fourth-order valence-electron chi connectivity index (χ4n) is 14.7. The number of hydrogen-bond donors (Lipinski definition) is 19. The Morgan fingerprint density at radius 1 is 0.504 bits per heavy atom. The molecule has 2 fully saturated rings. The van der Waals surface area contributed by atoms with Crippen LogP contribution in [0.2, 0.25) is 0 Å². The molecule has 15 amide bonds. The van der Waals surface area contributed by atoms with Gasteiger partial charge < -0.3 is 111 Å². The Kier molecular flexibility index (Phi) is 43.2. The second kappa shape index (κ2) is 52.9. The number of carboxylic acid groups (broad SMARTS) is 1. The van der Waals surface area contributed by atoms with Crippen molar-refractivity contribution in [2.24, 2.45) is 22.4 Å². The van der Waals surface area contributed by atoms with E-state index in [0.717, 1.165) is 23.1 Å². The summed E-state index contributed by atoms with van der Waals surface area (Å²) in [5.74, 6) is -16.7. The smallest absolute Gasteiger partial charge is 0.305 e. The quantitative estimate of drug-likeness (QED) is 0.0486. The lowest BCUT2D eigenvalue weighted by Crippen LogP contribution is -2.61. The summed E-state index contributed by atoms with van der Waals surface area (Å²) < 4.78 is 0. The summed E-state index contributed by atoms with van der Waals surface area (Å²) in [7, 11) is 0. The van der Waals surface area contributed by atoms with Crippen molar-refractivity contribution in [2.45, 2.75) is 274 Å². The zero-order valence-corrected chi connectivity index (χ0v) is 73.2. The molecule has 0 saturated carbocycles. The van der Waals surface area contributed by atoms with Crippen LogP contribution in [0.5, 0.6) is 11.5 Å². The monoisotopic (exact) mass is 1760 g/mol. The number of carbonyl (C=O) groups is 16. The highest BCUT2D eigenvalue weighted by Gasteiger charge is 2.43. The number of nitrogens with two attached hydrogens (primary N) is 2. The third-order valence-corrected chi connectivity index (χ3v) is 22.6. The van der Waals surface area contributed by atoms with E-state index in [1.807, 2.05) is 20.8 Å². The number of thioether (sulfide) groups is 1. The number of carbonyl (C=O) groups excluding carboxylic acids is 15. The number of rotatable bonds is 25. The number of primary amides is 1. The summed E-state index contributed by atoms with van der Waals surface area (Å²) in [5, 5.41) is 76.4. The SMILES string of the molecule is CCCCCCN1CC(=O)N[C@@H](Cc2ccc(O)cc2)C(=O)N[C@@H](CCCCC)C(=O)N[C@H](CC(N)=O)C(=O)N[C@H]2CCCN/C(N)=N\C(C)C[C@H](NC2=O)C(=O)N[C@@H](CCCCC)C(=O)N2CCC[C@H]2C(=O)NC(C(C)C)C(=O)N[C@@H](CO)C(=O)N[C@@H](C)CSCC(=O)N[C@@H](Cc2ccccc2)C(=O)N[C@@H](Cc2ccc(O)cc2)C(=O)N[C@@H](CC(=O)O)C1=O. The molecule has 688 valence electrons. The number of guanidine groups is 1. The first-order valence-corrected chi connectivity index (χ1v) is 44.3. The van der Waals surface area contributed by atoms with Crippen LogP contribution in [0.3, 0.4) is 0 Å². The Morgan fingerprint density at radius 3 is 1.58 bits per heavy atom. The number of nitrogens with zero attached hydrogens (tertiary/aromatic N) is 3. The second-order valence-electron chi connectivity index (χ2n) is 32.4. The molecule has 0 spiro atoms. The maximum Gasteiger partial charge on any atom is 0.305 e. The Bertz CT molecular complexity index is 4170. The molecule has 6 rings (SSSR count). The lowest BCUT2D eigenvalue weighted by molar-refractivity contribution is -0.145. The van der Waals surface area contributed by atoms with Gasteiger partial charge in [0, 0.05) is 50.7 Å². The summed E-state index contributed by atoms with van der Waals surface area (Å²) in [6.07, 6.45) is 2.69. The predicted molar refractivity (Wildman–Crippen MR) is 465 cm³/mol. The number of amides is 15. The number of aliphatic carboxylic acids is 1. The minimum absolute atomic E-state index is 0.0282. The molecule has 0 aromatic heterocycles. The number of aliphatic imine (C=N–C) groups is 1. The van der Waals surface area contributed by atoms with Gasteiger partial charge in [0.15, 0.2) is 5.96 Å². The van der Waals surface area contributed by atoms with Crippen molar-refractivity contribution < 1.29 is 97.1 Å². The Labute approximate surface area is 732 Å². The third-order valence-electron chi connectivity index (χ3n) is 21.4. The van der Waals surface area contributed by atoms with Crippen LogP contribution in [0.4, 0.5) is 0 Å². The van der Waals surface area contributed by atoms with E-state index in [4.69, 9.17) is 11.5 Å². The van der Waals surface area contributed by atoms with E-state index in [9.17, 15) is 78.0 Å². The molecule has 2 saturated heterocycles. The molecule has 2 bridgehead atoms. The molecule has 39 heteroatoms. The van der Waals surface area contributed by atoms with Crippen molar-refractivity contribution in [2.75, 3.05) is 44.3 Å². The standard InChI is InChI=1S/C86H128N18O20S/c1-8-11-14-20-38-103-46-70(109)92-62(42-54-29-33-56(106)34-30-54)77(116)94-58(25-16-12-9-2)74(113)99-65(44-69(87)108)80(119)95-59-27-21-37-89-86(88)91-51(6)40-61(97-75(59)114)76(115)96-60(26-17-13-10-3)85(124)104-39-22-28-68(104)82(121)102-73(50(4)5)83(122)101-67(47-105)81(120)90-52(7)48-125-49-71(110)93-63(41-53-23-18-15-19-24-53)78(117)98-64(43-55-31-35-57(107)36-32-55)79(118)100-66(84(103)123)45-72(111)112/h15,18-19,23-24,29-36,50-52,58-68,73,105-107H,8-14,16-17,20-22,25-28,37-49H2,1-7H3,(H2,87,108)(H,90,120)(H,92,109)(H,93,110)(H,94,116)(H,95,119)(H,96,115)(H,97,114)(H,98,117)(H,99,113)(H,100,118)(H,101,122)(H,102,121)(H,111,112)(H3,88,89,91)/t51?,52-,58-,59-,60-,61-,62-,63-,64-,65+,66-,67-,68-,73?/m0/s1. The van der Waals surface area contributed by atoms with Gasteiger partial charge in [-0.1, -0.05) is 147 Å². The molecule has 3 aliphatic rings. The molecule has 3 heterocycles. The Hall–Kier alpha value is -11.6. The number of benzene rings is 3. The molecule has 0 aliphatic carbocycles. The fraction of sp³-hybridized carbons (Fsp3) is 0.593. The molecule has 3 aromatic carbocycles. The summed E-state index contributed by atoms with van der Waals surface area (Å²) in [6.45, 7) is 10.4. The Balaban J connectivity index is 1.43. The van der Waals surface area contributed by atoms with Crippen molar-refractivity contribution in [3.8, 4) is 11.5 Å². The van der Waals surface area contributed by atoms with Gasteiger partial charge in [0.05, 0.1) is 37.8 Å². The van der Waals surface area contributed by atoms with E-state index in [0.29, 0.717) is 68.1 Å². The van der Waals surface area contributed by atoms with Gasteiger partial charge >= 0.3 is 5.97 Å². The molecule has 3 aliphatic heterocycles. The number of hydrogen-bond acceptors (Lipinski definition) is 23. The molecule has 38 nitrogen and oxygen atoms in total. The van der Waals surface area contributed by atoms with E-state index in [1.165, 1.54) is 53.4 Å². The van der Waals surface area contributed by atoms with Crippen LogP contribution in [0.15, 0.2) is 83.9 Å². The van der Waals surface area contributed by atoms with Crippen molar-refractivity contribution in [1.29, 1.82) is 0 Å². The highest BCUT2D eigenvalue weighted by molar-refractivity contribution is 8.00. The van der Waals surface area contributed by atoms with Crippen molar-refractivity contribution in [3.63, 3.8) is 0 Å². The highest BCUT2D eigenvalue weighted by atomic mass is 32.2. The number of carboxylic acids is 1. The van der Waals surface area contributed by atoms with Crippen LogP contribution < -0.4 is 80.6 Å². The molecule has 21 N–H and O–H groups in total. The van der Waals surface area contributed by atoms with Gasteiger partial charge in [-0.3, -0.25) is 81.7 Å². The summed E-state index contributed by atoms with van der Waals surface area (Å²) in [6, 6.07) is -0.365. The molecule has 125 heavy (non-hydrogen) atoms. The van der Waals surface area contributed by atoms with Gasteiger partial charge in [0.1, 0.15) is 84.0 Å². The molecule has 0 radical (unpaired) electrons. The molecular formula is C86H128N18O20S. The van der Waals surface area contributed by atoms with E-state index >= 15 is 19.2 Å². The van der Waals surface area contributed by atoms with Crippen molar-refractivity contribution in [1.82, 2.24) is 78.9 Å². The number of aliphatic hydroxyl groups is 1. The summed E-state index contributed by atoms with van der Waals surface area (Å²) >= 11 is 1.03. The van der Waals surface area contributed by atoms with Gasteiger partial charge in [0.25, 0.3) is 0 Å². The van der Waals surface area contributed by atoms with Gasteiger partial charge in [-0.15, -0.1) is 11.8 Å². The number of aliphatic hydroxyl groups excluding tert-OH is 1. The van der Waals surface area contributed by atoms with Gasteiger partial charge in [-0.25, -0.2) is 0 Å². The van der Waals surface area contributed by atoms with E-state index in [1.54, 1.807) is 58.0 Å². The fourth-order valence-corrected chi connectivity index (χ4v) is 15.5. The molecular weight excluding hydrogens is 1640 g/mol. The second-order valence-corrected chi connectivity index (χ2v) is 33.5. The minimum Gasteiger partial charge on any atom is -0.508 e. The van der Waals surface area contributed by atoms with Crippen molar-refractivity contribution in [3.05, 3.63) is 95.6 Å². The Morgan fingerprint density at radius 2 is 1.00 bits per heavy atom. The van der Waals surface area contributed by atoms with Crippen LogP contribution in [-0.4, -0.2) is 260 Å². The normalized spacial score (nSPS) is 25.7. The number of unbranched alkanes of at least 4 members (excludes halogenated alkanes) is 7. The number of aromatic hydroxyl groups is 2. The summed E-state index contributed by atoms with van der Waals surface area (Å²) in [4.78, 5) is 239. The maximum atomic E-state index is 15.2. The third kappa shape index (κ3) is 35.1. The first-order valence-electron chi connectivity index (χ1n) is 43.2. The average molecular weight is 1770 g/mol. The van der Waals surface area contributed by atoms with E-state index < -0.39 is 211 Å². The zero-order chi connectivity index (χ0) is 91.8. The lowest BCUT2D eigenvalue weighted by Gasteiger charge is -2.32. The first-order chi connectivity index (χ1) is 59.6. The molecule has 3 aromatic rings. The predicted octanol–water partition coefficient (Wildman–Crippen LogP) is -0.254. The van der Waals surface area contributed by atoms with Gasteiger partial charge in [-0.05, 0) is 112 Å². The highest BCUT2D eigenvalue weighted by Crippen LogP contribution is 2.24. The van der Waals surface area contributed by atoms with Crippen LogP contribution >= 0.6 is 11.8 Å². The maximum absolute atomic E-state index is 15.2. The average Bonchev–Trinajstić information content (AvgIpc) is 1.74. The van der Waals surface area contributed by atoms with Crippen LogP contribution in [0.25, 0.3) is 0 Å². The number of nitrogens with one attached hydrogen (secondary N) is 13. The number of phenolic OH excluding ortho intramolecular Hbond substituents is 2. The van der Waals surface area contributed by atoms with Gasteiger partial charge in [0.2, 0.25) is 88.6 Å². The largest absolute Gasteiger partial charge is 0.508 e. The van der Waals surface area contributed by atoms with E-state index in [-0.39, 0.29) is 119 Å². The van der Waals surface area contributed by atoms with E-state index in [2.05, 4.69) is 74.1 Å². The minimum atomic E-state index is -1.95. The van der Waals surface area contributed by atoms with Crippen molar-refractivity contribution >= 4 is 112 Å².